The van der Waals surface area contributed by atoms with Gasteiger partial charge < -0.3 is 4.90 Å². The Morgan fingerprint density at radius 1 is 1.04 bits per heavy atom. The van der Waals surface area contributed by atoms with Crippen LogP contribution in [0.3, 0.4) is 0 Å². The van der Waals surface area contributed by atoms with Crippen molar-refractivity contribution in [3.63, 3.8) is 0 Å². The molecule has 1 unspecified atom stereocenters. The second kappa shape index (κ2) is 9.76. The topological polar surface area (TPSA) is 27.0 Å². The van der Waals surface area contributed by atoms with Gasteiger partial charge in [0.15, 0.2) is 0 Å². The summed E-state index contributed by atoms with van der Waals surface area (Å²) in [7, 11) is 2.16. The molecule has 0 fully saturated rings. The normalized spacial score (nSPS) is 13.6. The number of nitrogens with zero attached hydrogens (tertiary/aromatic N) is 2. The van der Waals surface area contributed by atoms with E-state index >= 15 is 0 Å². The van der Waals surface area contributed by atoms with Crippen LogP contribution in [0.25, 0.3) is 0 Å². The molecule has 0 saturated heterocycles. The molecule has 0 N–H and O–H groups in total. The van der Waals surface area contributed by atoms with Crippen molar-refractivity contribution < 1.29 is 0 Å². The highest BCUT2D eigenvalue weighted by atomic mass is 35.5. The molecular weight excluding hydrogens is 340 g/mol. The Morgan fingerprint density at radius 3 is 2.27 bits per heavy atom. The van der Waals surface area contributed by atoms with Gasteiger partial charge in [-0.3, -0.25) is 0 Å². The molecule has 0 aliphatic heterocycles. The third-order valence-electron chi connectivity index (χ3n) is 5.28. The smallest absolute Gasteiger partial charge is 0.0845 e. The quantitative estimate of drug-likeness (QED) is 0.566. The second-order valence-corrected chi connectivity index (χ2v) is 7.82. The van der Waals surface area contributed by atoms with E-state index in [4.69, 9.17) is 11.6 Å². The highest BCUT2D eigenvalue weighted by Crippen LogP contribution is 2.37. The lowest BCUT2D eigenvalue weighted by Crippen LogP contribution is -2.32. The van der Waals surface area contributed by atoms with Crippen molar-refractivity contribution >= 4 is 11.6 Å². The zero-order valence-corrected chi connectivity index (χ0v) is 16.8. The minimum atomic E-state index is -0.454. The van der Waals surface area contributed by atoms with Crippen molar-refractivity contribution in [3.05, 3.63) is 70.7 Å². The molecule has 26 heavy (non-hydrogen) atoms. The van der Waals surface area contributed by atoms with E-state index in [0.717, 1.165) is 37.9 Å². The molecule has 2 nitrogen and oxygen atoms in total. The van der Waals surface area contributed by atoms with Crippen LogP contribution >= 0.6 is 11.6 Å². The third-order valence-corrected chi connectivity index (χ3v) is 5.53. The Labute approximate surface area is 163 Å². The zero-order chi connectivity index (χ0) is 19.0. The van der Waals surface area contributed by atoms with Crippen molar-refractivity contribution in [1.82, 2.24) is 4.90 Å². The van der Waals surface area contributed by atoms with Crippen LogP contribution < -0.4 is 0 Å². The van der Waals surface area contributed by atoms with Crippen molar-refractivity contribution in [1.29, 1.82) is 5.26 Å². The molecule has 0 aromatic heterocycles. The molecule has 3 heteroatoms. The van der Waals surface area contributed by atoms with E-state index in [1.54, 1.807) is 0 Å². The fraction of sp³-hybridized carbons (Fsp3) is 0.435. The maximum Gasteiger partial charge on any atom is 0.0845 e. The van der Waals surface area contributed by atoms with Crippen LogP contribution in [0.4, 0.5) is 0 Å². The van der Waals surface area contributed by atoms with Gasteiger partial charge >= 0.3 is 0 Å². The molecule has 2 aromatic carbocycles. The number of nitriles is 1. The molecule has 0 saturated carbocycles. The monoisotopic (exact) mass is 368 g/mol. The van der Waals surface area contributed by atoms with Crippen LogP contribution in [0.1, 0.15) is 37.8 Å². The fourth-order valence-electron chi connectivity index (χ4n) is 3.47. The number of benzene rings is 2. The molecule has 0 heterocycles. The average molecular weight is 369 g/mol. The standard InChI is InChI=1S/C23H29ClN2/c1-19(2)23(18-25,21-10-12-22(24)13-11-21)15-7-16-26(3)17-14-20-8-5-4-6-9-20/h4-6,8-13,19H,7,14-17H2,1-3H3. The largest absolute Gasteiger partial charge is 0.306 e. The summed E-state index contributed by atoms with van der Waals surface area (Å²) in [5, 5.41) is 10.7. The van der Waals surface area contributed by atoms with Gasteiger partial charge in [0.25, 0.3) is 0 Å². The molecule has 0 amide bonds. The van der Waals surface area contributed by atoms with E-state index in [1.165, 1.54) is 5.56 Å². The number of hydrogen-bond acceptors (Lipinski definition) is 2. The molecule has 0 bridgehead atoms. The Morgan fingerprint density at radius 2 is 1.69 bits per heavy atom. The minimum absolute atomic E-state index is 0.253. The van der Waals surface area contributed by atoms with Gasteiger partial charge in [-0.1, -0.05) is 67.9 Å². The maximum atomic E-state index is 9.99. The molecule has 1 atom stereocenters. The van der Waals surface area contributed by atoms with Gasteiger partial charge in [0, 0.05) is 11.6 Å². The third kappa shape index (κ3) is 5.34. The molecule has 2 rings (SSSR count). The van der Waals surface area contributed by atoms with E-state index in [9.17, 15) is 5.26 Å². The van der Waals surface area contributed by atoms with Gasteiger partial charge in [0.1, 0.15) is 0 Å². The summed E-state index contributed by atoms with van der Waals surface area (Å²) in [5.74, 6) is 0.253. The van der Waals surface area contributed by atoms with Crippen LogP contribution in [-0.4, -0.2) is 25.0 Å². The molecule has 0 radical (unpaired) electrons. The summed E-state index contributed by atoms with van der Waals surface area (Å²) < 4.78 is 0. The van der Waals surface area contributed by atoms with Gasteiger partial charge in [-0.15, -0.1) is 0 Å². The Hall–Kier alpha value is -1.82. The molecule has 0 aliphatic rings. The van der Waals surface area contributed by atoms with E-state index in [2.05, 4.69) is 62.2 Å². The van der Waals surface area contributed by atoms with Crippen molar-refractivity contribution in [3.8, 4) is 6.07 Å². The average Bonchev–Trinajstić information content (AvgIpc) is 2.65. The van der Waals surface area contributed by atoms with Crippen LogP contribution in [0.5, 0.6) is 0 Å². The summed E-state index contributed by atoms with van der Waals surface area (Å²) in [5.41, 5.74) is 1.99. The van der Waals surface area contributed by atoms with Crippen LogP contribution in [0, 0.1) is 17.2 Å². The summed E-state index contributed by atoms with van der Waals surface area (Å²) in [6.45, 7) is 6.30. The first kappa shape index (κ1) is 20.5. The Kier molecular flexibility index (Phi) is 7.69. The predicted octanol–water partition coefficient (Wildman–Crippen LogP) is 5.71. The van der Waals surface area contributed by atoms with Gasteiger partial charge in [-0.25, -0.2) is 0 Å². The number of likely N-dealkylation sites (N-methyl/N-ethyl adjacent to an activating group) is 1. The summed E-state index contributed by atoms with van der Waals surface area (Å²) in [6.07, 6.45) is 2.92. The van der Waals surface area contributed by atoms with E-state index < -0.39 is 5.41 Å². The SMILES string of the molecule is CC(C)C(C#N)(CCCN(C)CCc1ccccc1)c1ccc(Cl)cc1. The summed E-state index contributed by atoms with van der Waals surface area (Å²) >= 11 is 6.03. The zero-order valence-electron chi connectivity index (χ0n) is 16.1. The van der Waals surface area contributed by atoms with E-state index in [1.807, 2.05) is 24.3 Å². The Balaban J connectivity index is 1.93. The number of hydrogen-bond donors (Lipinski definition) is 0. The van der Waals surface area contributed by atoms with E-state index in [-0.39, 0.29) is 5.92 Å². The van der Waals surface area contributed by atoms with Gasteiger partial charge in [-0.05, 0) is 62.0 Å². The highest BCUT2D eigenvalue weighted by molar-refractivity contribution is 6.30. The van der Waals surface area contributed by atoms with E-state index in [0.29, 0.717) is 5.02 Å². The highest BCUT2D eigenvalue weighted by Gasteiger charge is 2.35. The van der Waals surface area contributed by atoms with Crippen molar-refractivity contribution in [2.24, 2.45) is 5.92 Å². The van der Waals surface area contributed by atoms with Gasteiger partial charge in [-0.2, -0.15) is 5.26 Å². The molecule has 2 aromatic rings. The fourth-order valence-corrected chi connectivity index (χ4v) is 3.59. The first-order valence-electron chi connectivity index (χ1n) is 9.37. The first-order valence-corrected chi connectivity index (χ1v) is 9.75. The second-order valence-electron chi connectivity index (χ2n) is 7.39. The van der Waals surface area contributed by atoms with Crippen LogP contribution in [-0.2, 0) is 11.8 Å². The molecule has 0 spiro atoms. The number of halogens is 1. The molecule has 138 valence electrons. The van der Waals surface area contributed by atoms with Gasteiger partial charge in [0.2, 0.25) is 0 Å². The molecule has 0 aliphatic carbocycles. The minimum Gasteiger partial charge on any atom is -0.306 e. The van der Waals surface area contributed by atoms with Crippen LogP contribution in [0.2, 0.25) is 5.02 Å². The summed E-state index contributed by atoms with van der Waals surface area (Å²) in [4.78, 5) is 2.36. The predicted molar refractivity (Wildman–Crippen MR) is 110 cm³/mol. The lowest BCUT2D eigenvalue weighted by atomic mass is 9.70. The van der Waals surface area contributed by atoms with Crippen molar-refractivity contribution in [2.75, 3.05) is 20.1 Å². The maximum absolute atomic E-state index is 9.99. The van der Waals surface area contributed by atoms with Crippen LogP contribution in [0.15, 0.2) is 54.6 Å². The Bertz CT molecular complexity index is 703. The number of rotatable bonds is 9. The summed E-state index contributed by atoms with van der Waals surface area (Å²) in [6, 6.07) is 21.0. The lowest BCUT2D eigenvalue weighted by Gasteiger charge is -2.32. The van der Waals surface area contributed by atoms with Crippen molar-refractivity contribution in [2.45, 2.75) is 38.5 Å². The molecular formula is C23H29ClN2. The lowest BCUT2D eigenvalue weighted by molar-refractivity contribution is 0.294. The first-order chi connectivity index (χ1) is 12.5. The van der Waals surface area contributed by atoms with Gasteiger partial charge in [0.05, 0.1) is 11.5 Å².